The van der Waals surface area contributed by atoms with Crippen molar-refractivity contribution in [3.05, 3.63) is 50.9 Å². The number of benzene rings is 1. The monoisotopic (exact) mass is 401 g/mol. The molecule has 0 saturated carbocycles. The zero-order valence-corrected chi connectivity index (χ0v) is 17.2. The third-order valence-corrected chi connectivity index (χ3v) is 5.10. The van der Waals surface area contributed by atoms with Crippen LogP contribution < -0.4 is 20.3 Å². The van der Waals surface area contributed by atoms with Gasteiger partial charge in [-0.05, 0) is 45.4 Å². The number of hydrogen-bond donors (Lipinski definition) is 1. The molecular formula is C20H23N3O4S. The van der Waals surface area contributed by atoms with Crippen molar-refractivity contribution in [1.82, 2.24) is 9.38 Å². The molecule has 28 heavy (non-hydrogen) atoms. The minimum absolute atomic E-state index is 0.108. The standard InChI is InChI=1S/C20H23N3O4S/c1-5-26-15-8-7-14(9-16(15)27-6-2)10-17(24)22-18-13(4)21-20-23(19(18)25)12(3)11-28-20/h7-9,11H,5-6,10H2,1-4H3,(H,22,24). The first-order valence-corrected chi connectivity index (χ1v) is 9.98. The first-order valence-electron chi connectivity index (χ1n) is 9.10. The van der Waals surface area contributed by atoms with E-state index in [1.165, 1.54) is 15.7 Å². The fraction of sp³-hybridized carbons (Fsp3) is 0.350. The molecule has 0 aliphatic carbocycles. The number of ether oxygens (including phenoxy) is 2. The van der Waals surface area contributed by atoms with E-state index in [1.54, 1.807) is 19.1 Å². The Morgan fingerprint density at radius 3 is 2.61 bits per heavy atom. The summed E-state index contributed by atoms with van der Waals surface area (Å²) in [6, 6.07) is 5.40. The quantitative estimate of drug-likeness (QED) is 0.657. The molecule has 2 aromatic heterocycles. The molecule has 3 aromatic rings. The molecule has 0 atom stereocenters. The third-order valence-electron chi connectivity index (χ3n) is 4.16. The summed E-state index contributed by atoms with van der Waals surface area (Å²) in [5.41, 5.74) is 2.00. The van der Waals surface area contributed by atoms with Gasteiger partial charge in [-0.2, -0.15) is 0 Å². The van der Waals surface area contributed by atoms with E-state index in [-0.39, 0.29) is 23.6 Å². The second kappa shape index (κ2) is 8.43. The van der Waals surface area contributed by atoms with Gasteiger partial charge in [-0.25, -0.2) is 4.98 Å². The van der Waals surface area contributed by atoms with E-state index in [0.717, 1.165) is 11.3 Å². The molecule has 0 aliphatic rings. The van der Waals surface area contributed by atoms with Crippen LogP contribution in [0.4, 0.5) is 5.69 Å². The van der Waals surface area contributed by atoms with Gasteiger partial charge in [-0.15, -0.1) is 11.3 Å². The zero-order valence-electron chi connectivity index (χ0n) is 16.4. The molecule has 1 aromatic carbocycles. The Kier molecular flexibility index (Phi) is 5.99. The smallest absolute Gasteiger partial charge is 0.282 e. The number of carbonyl (C=O) groups is 1. The number of hydrogen-bond acceptors (Lipinski definition) is 6. The van der Waals surface area contributed by atoms with Crippen molar-refractivity contribution in [3.8, 4) is 11.5 Å². The number of aromatic nitrogens is 2. The predicted molar refractivity (Wildman–Crippen MR) is 110 cm³/mol. The van der Waals surface area contributed by atoms with Crippen LogP contribution in [0.5, 0.6) is 11.5 Å². The summed E-state index contributed by atoms with van der Waals surface area (Å²) in [4.78, 5) is 30.4. The summed E-state index contributed by atoms with van der Waals surface area (Å²) in [7, 11) is 0. The average Bonchev–Trinajstić information content (AvgIpc) is 3.02. The highest BCUT2D eigenvalue weighted by atomic mass is 32.1. The predicted octanol–water partition coefficient (Wildman–Crippen LogP) is 3.35. The van der Waals surface area contributed by atoms with E-state index in [0.29, 0.717) is 35.4 Å². The van der Waals surface area contributed by atoms with Crippen LogP contribution in [-0.2, 0) is 11.2 Å². The van der Waals surface area contributed by atoms with Crippen LogP contribution in [0.25, 0.3) is 4.96 Å². The number of fused-ring (bicyclic) bond motifs is 1. The first-order chi connectivity index (χ1) is 13.4. The highest BCUT2D eigenvalue weighted by molar-refractivity contribution is 7.15. The number of nitrogens with one attached hydrogen (secondary N) is 1. The van der Waals surface area contributed by atoms with Crippen LogP contribution in [-0.4, -0.2) is 28.5 Å². The maximum Gasteiger partial charge on any atom is 0.282 e. The van der Waals surface area contributed by atoms with E-state index in [1.807, 2.05) is 32.2 Å². The van der Waals surface area contributed by atoms with Crippen LogP contribution in [0, 0.1) is 13.8 Å². The Bertz CT molecular complexity index is 1070. The largest absolute Gasteiger partial charge is 0.490 e. The number of aryl methyl sites for hydroxylation is 2. The maximum absolute atomic E-state index is 12.8. The molecule has 0 saturated heterocycles. The second-order valence-electron chi connectivity index (χ2n) is 6.24. The van der Waals surface area contributed by atoms with Gasteiger partial charge in [0.05, 0.1) is 25.3 Å². The van der Waals surface area contributed by atoms with E-state index in [2.05, 4.69) is 10.3 Å². The van der Waals surface area contributed by atoms with Crippen molar-refractivity contribution < 1.29 is 14.3 Å². The summed E-state index contributed by atoms with van der Waals surface area (Å²) >= 11 is 1.40. The van der Waals surface area contributed by atoms with Gasteiger partial charge in [0.15, 0.2) is 16.5 Å². The van der Waals surface area contributed by atoms with Gasteiger partial charge in [-0.1, -0.05) is 6.07 Å². The molecule has 3 rings (SSSR count). The van der Waals surface area contributed by atoms with Crippen molar-refractivity contribution in [1.29, 1.82) is 0 Å². The van der Waals surface area contributed by atoms with Crippen LogP contribution in [0.3, 0.4) is 0 Å². The molecular weight excluding hydrogens is 378 g/mol. The van der Waals surface area contributed by atoms with Gasteiger partial charge in [0.2, 0.25) is 5.91 Å². The van der Waals surface area contributed by atoms with Crippen LogP contribution in [0.2, 0.25) is 0 Å². The molecule has 7 nitrogen and oxygen atoms in total. The van der Waals surface area contributed by atoms with Gasteiger partial charge in [0, 0.05) is 11.1 Å². The van der Waals surface area contributed by atoms with Gasteiger partial charge >= 0.3 is 0 Å². The highest BCUT2D eigenvalue weighted by Gasteiger charge is 2.16. The molecule has 0 bridgehead atoms. The third kappa shape index (κ3) is 4.01. The van der Waals surface area contributed by atoms with Crippen LogP contribution in [0.1, 0.15) is 30.8 Å². The SMILES string of the molecule is CCOc1ccc(CC(=O)Nc2c(C)nc3scc(C)n3c2=O)cc1OCC. The molecule has 2 heterocycles. The van der Waals surface area contributed by atoms with Gasteiger partial charge in [0.1, 0.15) is 5.69 Å². The van der Waals surface area contributed by atoms with Crippen LogP contribution in [0.15, 0.2) is 28.4 Å². The van der Waals surface area contributed by atoms with E-state index in [9.17, 15) is 9.59 Å². The Balaban J connectivity index is 1.83. The van der Waals surface area contributed by atoms with E-state index in [4.69, 9.17) is 9.47 Å². The minimum Gasteiger partial charge on any atom is -0.490 e. The fourth-order valence-electron chi connectivity index (χ4n) is 2.90. The zero-order chi connectivity index (χ0) is 20.3. The molecule has 1 amide bonds. The minimum atomic E-state index is -0.290. The van der Waals surface area contributed by atoms with Crippen molar-refractivity contribution >= 4 is 27.9 Å². The Morgan fingerprint density at radius 1 is 1.18 bits per heavy atom. The van der Waals surface area contributed by atoms with E-state index >= 15 is 0 Å². The first kappa shape index (κ1) is 19.9. The number of thiazole rings is 1. The molecule has 0 aliphatic heterocycles. The van der Waals surface area contributed by atoms with Crippen LogP contribution >= 0.6 is 11.3 Å². The normalized spacial score (nSPS) is 10.9. The van der Waals surface area contributed by atoms with Crippen molar-refractivity contribution in [3.63, 3.8) is 0 Å². The highest BCUT2D eigenvalue weighted by Crippen LogP contribution is 2.28. The summed E-state index contributed by atoms with van der Waals surface area (Å²) in [5.74, 6) is 0.953. The van der Waals surface area contributed by atoms with Crippen molar-refractivity contribution in [2.75, 3.05) is 18.5 Å². The lowest BCUT2D eigenvalue weighted by Crippen LogP contribution is -2.25. The lowest BCUT2D eigenvalue weighted by atomic mass is 10.1. The second-order valence-corrected chi connectivity index (χ2v) is 7.08. The molecule has 0 unspecified atom stereocenters. The Morgan fingerprint density at radius 2 is 1.89 bits per heavy atom. The average molecular weight is 401 g/mol. The topological polar surface area (TPSA) is 81.9 Å². The maximum atomic E-state index is 12.8. The summed E-state index contributed by atoms with van der Waals surface area (Å²) < 4.78 is 12.7. The number of nitrogens with zero attached hydrogens (tertiary/aromatic N) is 2. The number of anilines is 1. The lowest BCUT2D eigenvalue weighted by molar-refractivity contribution is -0.115. The summed E-state index contributed by atoms with van der Waals surface area (Å²) in [6.45, 7) is 8.37. The molecule has 0 fully saturated rings. The van der Waals surface area contributed by atoms with Gasteiger partial charge in [0.25, 0.3) is 5.56 Å². The molecule has 0 radical (unpaired) electrons. The van der Waals surface area contributed by atoms with Crippen molar-refractivity contribution in [2.45, 2.75) is 34.1 Å². The van der Waals surface area contributed by atoms with E-state index < -0.39 is 0 Å². The number of amides is 1. The molecule has 1 N–H and O–H groups in total. The Labute approximate surface area is 166 Å². The van der Waals surface area contributed by atoms with Gasteiger partial charge in [-0.3, -0.25) is 14.0 Å². The number of rotatable bonds is 7. The molecule has 8 heteroatoms. The summed E-state index contributed by atoms with van der Waals surface area (Å²) in [6.07, 6.45) is 0.108. The Hall–Kier alpha value is -2.87. The molecule has 148 valence electrons. The van der Waals surface area contributed by atoms with Gasteiger partial charge < -0.3 is 14.8 Å². The lowest BCUT2D eigenvalue weighted by Gasteiger charge is -2.13. The number of carbonyl (C=O) groups excluding carboxylic acids is 1. The fourth-order valence-corrected chi connectivity index (χ4v) is 3.81. The summed E-state index contributed by atoms with van der Waals surface area (Å²) in [5, 5.41) is 4.59. The molecule has 0 spiro atoms. The van der Waals surface area contributed by atoms with Crippen molar-refractivity contribution in [2.24, 2.45) is 0 Å².